The van der Waals surface area contributed by atoms with E-state index < -0.39 is 16.6 Å². The molecule has 0 radical (unpaired) electrons. The zero-order chi connectivity index (χ0) is 11.6. The fourth-order valence-electron chi connectivity index (χ4n) is 1.19. The normalized spacial score (nSPS) is 13.6. The lowest BCUT2D eigenvalue weighted by molar-refractivity contribution is -0.384. The number of hydrogen-bond donors (Lipinski definition) is 2. The molecular formula is C10H13NO4. The van der Waals surface area contributed by atoms with Crippen molar-refractivity contribution in [1.82, 2.24) is 0 Å². The molecule has 0 unspecified atom stereocenters. The van der Waals surface area contributed by atoms with Gasteiger partial charge in [-0.3, -0.25) is 10.1 Å². The molecule has 0 bridgehead atoms. The highest BCUT2D eigenvalue weighted by Gasteiger charge is 2.26. The summed E-state index contributed by atoms with van der Waals surface area (Å²) in [5.74, 6) is 0. The molecule has 15 heavy (non-hydrogen) atoms. The van der Waals surface area contributed by atoms with Crippen molar-refractivity contribution in [3.63, 3.8) is 0 Å². The Morgan fingerprint density at radius 1 is 1.33 bits per heavy atom. The maximum atomic E-state index is 10.4. The molecule has 0 amide bonds. The highest BCUT2D eigenvalue weighted by atomic mass is 16.6. The first-order valence-corrected chi connectivity index (χ1v) is 4.47. The van der Waals surface area contributed by atoms with Crippen LogP contribution >= 0.6 is 0 Å². The van der Waals surface area contributed by atoms with Gasteiger partial charge in [-0.15, -0.1) is 0 Å². The molecule has 0 aliphatic rings. The quantitative estimate of drug-likeness (QED) is 0.584. The van der Waals surface area contributed by atoms with E-state index in [2.05, 4.69) is 0 Å². The van der Waals surface area contributed by atoms with Crippen LogP contribution in [-0.2, 0) is 0 Å². The Balaban J connectivity index is 2.94. The van der Waals surface area contributed by atoms with E-state index in [0.717, 1.165) is 0 Å². The second-order valence-corrected chi connectivity index (χ2v) is 3.90. The predicted octanol–water partition coefficient (Wildman–Crippen LogP) is 1.40. The number of aliphatic hydroxyl groups is 2. The van der Waals surface area contributed by atoms with Gasteiger partial charge >= 0.3 is 0 Å². The molecule has 0 heterocycles. The molecule has 5 nitrogen and oxygen atoms in total. The monoisotopic (exact) mass is 211 g/mol. The third kappa shape index (κ3) is 2.74. The van der Waals surface area contributed by atoms with Crippen molar-refractivity contribution in [1.29, 1.82) is 0 Å². The first-order chi connectivity index (χ1) is 6.82. The molecule has 0 aliphatic carbocycles. The van der Waals surface area contributed by atoms with Gasteiger partial charge in [-0.25, -0.2) is 0 Å². The maximum Gasteiger partial charge on any atom is 0.269 e. The van der Waals surface area contributed by atoms with Crippen LogP contribution in [0.25, 0.3) is 0 Å². The van der Waals surface area contributed by atoms with Crippen molar-refractivity contribution in [3.05, 3.63) is 39.9 Å². The molecule has 1 atom stereocenters. The molecule has 0 aliphatic heterocycles. The highest BCUT2D eigenvalue weighted by Crippen LogP contribution is 2.26. The van der Waals surface area contributed by atoms with Crippen LogP contribution in [0.4, 0.5) is 5.69 Å². The number of rotatable bonds is 3. The van der Waals surface area contributed by atoms with E-state index >= 15 is 0 Å². The van der Waals surface area contributed by atoms with Gasteiger partial charge in [-0.1, -0.05) is 0 Å². The van der Waals surface area contributed by atoms with E-state index in [1.807, 2.05) is 0 Å². The van der Waals surface area contributed by atoms with Crippen LogP contribution in [-0.4, -0.2) is 20.7 Å². The van der Waals surface area contributed by atoms with Gasteiger partial charge in [0.1, 0.15) is 6.10 Å². The second kappa shape index (κ2) is 3.96. The van der Waals surface area contributed by atoms with E-state index in [-0.39, 0.29) is 5.69 Å². The Bertz CT molecular complexity index is 353. The van der Waals surface area contributed by atoms with Gasteiger partial charge < -0.3 is 10.2 Å². The molecule has 82 valence electrons. The smallest absolute Gasteiger partial charge is 0.269 e. The standard InChI is InChI=1S/C10H13NO4/c1-10(2,13)9(12)7-3-5-8(6-4-7)11(14)15/h3-6,9,12-13H,1-2H3/t9-/m0/s1. The van der Waals surface area contributed by atoms with Crippen LogP contribution in [0.1, 0.15) is 25.5 Å². The van der Waals surface area contributed by atoms with E-state index in [9.17, 15) is 20.3 Å². The molecule has 1 rings (SSSR count). The average molecular weight is 211 g/mol. The number of nitro benzene ring substituents is 1. The lowest BCUT2D eigenvalue weighted by Crippen LogP contribution is -2.28. The Morgan fingerprint density at radius 2 is 1.80 bits per heavy atom. The van der Waals surface area contributed by atoms with Crippen LogP contribution in [0.3, 0.4) is 0 Å². The molecule has 1 aromatic rings. The SMILES string of the molecule is CC(C)(O)[C@@H](O)c1ccc([N+](=O)[O-])cc1. The summed E-state index contributed by atoms with van der Waals surface area (Å²) >= 11 is 0. The minimum Gasteiger partial charge on any atom is -0.387 e. The summed E-state index contributed by atoms with van der Waals surface area (Å²) in [6, 6.07) is 5.45. The first kappa shape index (κ1) is 11.6. The Hall–Kier alpha value is -1.46. The largest absolute Gasteiger partial charge is 0.387 e. The summed E-state index contributed by atoms with van der Waals surface area (Å²) in [5.41, 5.74) is -0.856. The zero-order valence-corrected chi connectivity index (χ0v) is 8.54. The molecule has 1 aromatic carbocycles. The molecule has 5 heteroatoms. The third-order valence-electron chi connectivity index (χ3n) is 2.09. The number of hydrogen-bond acceptors (Lipinski definition) is 4. The van der Waals surface area contributed by atoms with Crippen molar-refractivity contribution in [3.8, 4) is 0 Å². The van der Waals surface area contributed by atoms with Gasteiger partial charge in [0, 0.05) is 12.1 Å². The van der Waals surface area contributed by atoms with Crippen molar-refractivity contribution in [2.45, 2.75) is 25.6 Å². The molecule has 0 aromatic heterocycles. The van der Waals surface area contributed by atoms with E-state index in [1.54, 1.807) is 0 Å². The maximum absolute atomic E-state index is 10.4. The van der Waals surface area contributed by atoms with Crippen LogP contribution in [0.2, 0.25) is 0 Å². The number of non-ortho nitro benzene ring substituents is 1. The zero-order valence-electron chi connectivity index (χ0n) is 8.54. The summed E-state index contributed by atoms with van der Waals surface area (Å²) in [7, 11) is 0. The average Bonchev–Trinajstić information content (AvgIpc) is 2.15. The van der Waals surface area contributed by atoms with E-state index in [4.69, 9.17) is 0 Å². The topological polar surface area (TPSA) is 83.6 Å². The van der Waals surface area contributed by atoms with Crippen LogP contribution in [0.5, 0.6) is 0 Å². The van der Waals surface area contributed by atoms with E-state index in [1.165, 1.54) is 38.1 Å². The number of nitro groups is 1. The summed E-state index contributed by atoms with van der Waals surface area (Å²) in [5, 5.41) is 29.6. The Labute approximate surface area is 87.1 Å². The minimum absolute atomic E-state index is 0.0401. The number of benzene rings is 1. The highest BCUT2D eigenvalue weighted by molar-refractivity contribution is 5.34. The van der Waals surface area contributed by atoms with Gasteiger partial charge in [-0.2, -0.15) is 0 Å². The van der Waals surface area contributed by atoms with Crippen molar-refractivity contribution in [2.75, 3.05) is 0 Å². The van der Waals surface area contributed by atoms with Crippen molar-refractivity contribution in [2.24, 2.45) is 0 Å². The molecule has 0 saturated heterocycles. The summed E-state index contributed by atoms with van der Waals surface area (Å²) in [6.45, 7) is 2.94. The summed E-state index contributed by atoms with van der Waals surface area (Å²) in [4.78, 5) is 9.86. The molecular weight excluding hydrogens is 198 g/mol. The summed E-state index contributed by atoms with van der Waals surface area (Å²) < 4.78 is 0. The predicted molar refractivity (Wildman–Crippen MR) is 54.4 cm³/mol. The van der Waals surface area contributed by atoms with Crippen LogP contribution in [0.15, 0.2) is 24.3 Å². The van der Waals surface area contributed by atoms with Gasteiger partial charge in [0.25, 0.3) is 5.69 Å². The molecule has 0 saturated carbocycles. The van der Waals surface area contributed by atoms with Crippen molar-refractivity contribution >= 4 is 5.69 Å². The van der Waals surface area contributed by atoms with Crippen LogP contribution in [0, 0.1) is 10.1 Å². The minimum atomic E-state index is -1.27. The lowest BCUT2D eigenvalue weighted by atomic mass is 9.95. The second-order valence-electron chi connectivity index (χ2n) is 3.90. The van der Waals surface area contributed by atoms with Gasteiger partial charge in [0.05, 0.1) is 10.5 Å². The molecule has 0 spiro atoms. The van der Waals surface area contributed by atoms with Crippen molar-refractivity contribution < 1.29 is 15.1 Å². The first-order valence-electron chi connectivity index (χ1n) is 4.47. The molecule has 0 fully saturated rings. The molecule has 2 N–H and O–H groups in total. The fourth-order valence-corrected chi connectivity index (χ4v) is 1.19. The Kier molecular flexibility index (Phi) is 3.06. The number of aliphatic hydroxyl groups excluding tert-OH is 1. The fraction of sp³-hybridized carbons (Fsp3) is 0.400. The summed E-state index contributed by atoms with van der Waals surface area (Å²) in [6.07, 6.45) is -1.06. The lowest BCUT2D eigenvalue weighted by Gasteiger charge is -2.24. The van der Waals surface area contributed by atoms with Gasteiger partial charge in [0.15, 0.2) is 0 Å². The van der Waals surface area contributed by atoms with Gasteiger partial charge in [-0.05, 0) is 31.5 Å². The van der Waals surface area contributed by atoms with Gasteiger partial charge in [0.2, 0.25) is 0 Å². The third-order valence-corrected chi connectivity index (χ3v) is 2.09. The van der Waals surface area contributed by atoms with E-state index in [0.29, 0.717) is 5.56 Å². The number of nitrogens with zero attached hydrogens (tertiary/aromatic N) is 1. The van der Waals surface area contributed by atoms with Crippen LogP contribution < -0.4 is 0 Å². The Morgan fingerprint density at radius 3 is 2.13 bits per heavy atom.